The van der Waals surface area contributed by atoms with Crippen LogP contribution in [-0.4, -0.2) is 20.8 Å². The zero-order valence-electron chi connectivity index (χ0n) is 58.9. The molecule has 0 saturated heterocycles. The van der Waals surface area contributed by atoms with Gasteiger partial charge in [-0.1, -0.05) is 260 Å². The summed E-state index contributed by atoms with van der Waals surface area (Å²) in [5, 5.41) is 6.99. The molecule has 6 nitrogen and oxygen atoms in total. The number of hydrogen-bond acceptors (Lipinski definition) is 4. The maximum absolute atomic E-state index is 6.60. The van der Waals surface area contributed by atoms with Crippen LogP contribution in [0.4, 0.5) is 34.1 Å². The average Bonchev–Trinajstić information content (AvgIpc) is 0.939. The molecule has 4 aromatic heterocycles. The van der Waals surface area contributed by atoms with Crippen molar-refractivity contribution < 1.29 is 4.42 Å². The summed E-state index contributed by atoms with van der Waals surface area (Å²) in [6.07, 6.45) is 0. The van der Waals surface area contributed by atoms with Gasteiger partial charge in [-0.05, 0) is 192 Å². The van der Waals surface area contributed by atoms with E-state index in [4.69, 9.17) is 9.40 Å². The van der Waals surface area contributed by atoms with Gasteiger partial charge in [0.1, 0.15) is 17.0 Å². The summed E-state index contributed by atoms with van der Waals surface area (Å²) in [5.41, 5.74) is 30.8. The number of benzene rings is 14. The summed E-state index contributed by atoms with van der Waals surface area (Å²) < 4.78 is 11.5. The number of furan rings is 1. The van der Waals surface area contributed by atoms with Gasteiger partial charge in [-0.3, -0.25) is 4.57 Å². The fraction of sp³-hybridized carbons (Fsp3) is 0.0825. The quantitative estimate of drug-likeness (QED) is 0.135. The molecule has 494 valence electrons. The third kappa shape index (κ3) is 9.74. The highest BCUT2D eigenvalue weighted by molar-refractivity contribution is 7.00. The minimum Gasteiger partial charge on any atom is -0.456 e. The summed E-state index contributed by atoms with van der Waals surface area (Å²) in [7, 11) is 0. The topological polar surface area (TPSA) is 42.4 Å². The second-order valence-electron chi connectivity index (χ2n) is 30.3. The van der Waals surface area contributed by atoms with Gasteiger partial charge in [0, 0.05) is 72.0 Å². The Hall–Kier alpha value is -12.7. The number of para-hydroxylation sites is 3. The number of aromatic nitrogens is 3. The van der Waals surface area contributed by atoms with Crippen LogP contribution in [0.5, 0.6) is 0 Å². The van der Waals surface area contributed by atoms with Crippen molar-refractivity contribution in [2.45, 2.75) is 52.4 Å². The summed E-state index contributed by atoms with van der Waals surface area (Å²) in [5.74, 6) is 0.845. The standard InChI is InChI=1S/C97H72BN5O/c1-96(2,3)69-44-46-75-86(57-69)103(85-50-51-91-94(93(75)85)76-36-21-24-40-90(76)104-91)92-41-25-37-80(99-92)66-43-49-84-79(56-66)98-78-47-45-71(100-81-38-22-19-34-73(81)74-35-20-23-39-82(74)100)60-87(78)101(72-53-67(62-28-13-8-14-29-62)52-68(54-72)63-30-15-9-16-31-63)88-58-70(97(4,5)6)59-89(95(88)98)102(84)83-48-42-65(61-26-11-7-12-27-61)55-77(83)64-32-17-10-18-33-64/h7-60H,1-6H3. The van der Waals surface area contributed by atoms with Crippen LogP contribution in [0.3, 0.4) is 0 Å². The molecule has 0 N–H and O–H groups in total. The molecule has 2 aliphatic heterocycles. The van der Waals surface area contributed by atoms with Gasteiger partial charge in [0.05, 0.1) is 33.4 Å². The van der Waals surface area contributed by atoms with Crippen LogP contribution in [0.1, 0.15) is 52.7 Å². The van der Waals surface area contributed by atoms with Crippen molar-refractivity contribution in [2.24, 2.45) is 0 Å². The minimum atomic E-state index is -0.284. The van der Waals surface area contributed by atoms with Crippen LogP contribution < -0.4 is 26.2 Å². The van der Waals surface area contributed by atoms with Crippen LogP contribution >= 0.6 is 0 Å². The molecule has 18 aromatic rings. The highest BCUT2D eigenvalue weighted by Gasteiger charge is 2.45. The Balaban J connectivity index is 0.880. The van der Waals surface area contributed by atoms with Gasteiger partial charge < -0.3 is 18.8 Å². The van der Waals surface area contributed by atoms with Crippen LogP contribution in [0.25, 0.3) is 133 Å². The number of fused-ring (bicyclic) bond motifs is 14. The predicted molar refractivity (Wildman–Crippen MR) is 439 cm³/mol. The van der Waals surface area contributed by atoms with Crippen molar-refractivity contribution in [3.8, 4) is 67.3 Å². The van der Waals surface area contributed by atoms with Crippen LogP contribution in [0.15, 0.2) is 332 Å². The van der Waals surface area contributed by atoms with Crippen molar-refractivity contribution in [3.05, 3.63) is 339 Å². The van der Waals surface area contributed by atoms with Gasteiger partial charge in [0.15, 0.2) is 0 Å². The van der Waals surface area contributed by atoms with E-state index >= 15 is 0 Å². The minimum absolute atomic E-state index is 0.101. The van der Waals surface area contributed by atoms with Gasteiger partial charge in [0.2, 0.25) is 0 Å². The van der Waals surface area contributed by atoms with E-state index in [1.54, 1.807) is 0 Å². The van der Waals surface area contributed by atoms with E-state index in [-0.39, 0.29) is 17.5 Å². The Morgan fingerprint density at radius 2 is 0.885 bits per heavy atom. The highest BCUT2D eigenvalue weighted by Crippen LogP contribution is 2.52. The Labute approximate surface area is 605 Å². The van der Waals surface area contributed by atoms with Gasteiger partial charge in [0.25, 0.3) is 6.71 Å². The lowest BCUT2D eigenvalue weighted by Gasteiger charge is -2.45. The van der Waals surface area contributed by atoms with E-state index in [1.165, 1.54) is 43.9 Å². The maximum Gasteiger partial charge on any atom is 0.252 e. The second-order valence-corrected chi connectivity index (χ2v) is 30.3. The summed E-state index contributed by atoms with van der Waals surface area (Å²) >= 11 is 0. The summed E-state index contributed by atoms with van der Waals surface area (Å²) in [6.45, 7) is 13.7. The van der Waals surface area contributed by atoms with Crippen molar-refractivity contribution in [3.63, 3.8) is 0 Å². The highest BCUT2D eigenvalue weighted by atomic mass is 16.3. The Kier molecular flexibility index (Phi) is 13.8. The van der Waals surface area contributed by atoms with Crippen LogP contribution in [0, 0.1) is 0 Å². The van der Waals surface area contributed by atoms with E-state index in [0.717, 1.165) is 151 Å². The van der Waals surface area contributed by atoms with E-state index < -0.39 is 0 Å². The van der Waals surface area contributed by atoms with Crippen molar-refractivity contribution in [2.75, 3.05) is 9.80 Å². The molecule has 7 heteroatoms. The largest absolute Gasteiger partial charge is 0.456 e. The van der Waals surface area contributed by atoms with Crippen LogP contribution in [0.2, 0.25) is 0 Å². The molecular formula is C97H72BN5O. The molecule has 0 amide bonds. The normalized spacial score (nSPS) is 12.8. The summed E-state index contributed by atoms with van der Waals surface area (Å²) in [4.78, 5) is 11.1. The Morgan fingerprint density at radius 3 is 1.55 bits per heavy atom. The number of pyridine rings is 1. The third-order valence-corrected chi connectivity index (χ3v) is 22.0. The smallest absolute Gasteiger partial charge is 0.252 e. The third-order valence-electron chi connectivity index (χ3n) is 22.0. The molecule has 0 fully saturated rings. The number of hydrogen-bond donors (Lipinski definition) is 0. The average molecular weight is 1330 g/mol. The van der Waals surface area contributed by atoms with Gasteiger partial charge in [-0.2, -0.15) is 0 Å². The zero-order valence-corrected chi connectivity index (χ0v) is 58.9. The Morgan fingerprint density at radius 1 is 0.298 bits per heavy atom. The Bertz CT molecular complexity index is 6400. The summed E-state index contributed by atoms with van der Waals surface area (Å²) in [6, 6.07) is 122. The molecule has 2 aliphatic rings. The molecule has 20 rings (SSSR count). The lowest BCUT2D eigenvalue weighted by atomic mass is 9.33. The van der Waals surface area contributed by atoms with Crippen LogP contribution in [-0.2, 0) is 10.8 Å². The van der Waals surface area contributed by atoms with Crippen molar-refractivity contribution in [1.82, 2.24) is 14.1 Å². The van der Waals surface area contributed by atoms with E-state index in [1.807, 2.05) is 0 Å². The predicted octanol–water partition coefficient (Wildman–Crippen LogP) is 24.2. The number of anilines is 6. The molecule has 0 bridgehead atoms. The molecule has 104 heavy (non-hydrogen) atoms. The molecular weight excluding hydrogens is 1260 g/mol. The molecule has 14 aromatic carbocycles. The fourth-order valence-electron chi connectivity index (χ4n) is 16.9. The monoisotopic (exact) mass is 1330 g/mol. The van der Waals surface area contributed by atoms with Crippen molar-refractivity contribution >= 4 is 123 Å². The zero-order chi connectivity index (χ0) is 69.7. The van der Waals surface area contributed by atoms with Gasteiger partial charge in [-0.25, -0.2) is 4.98 Å². The second kappa shape index (κ2) is 23.4. The number of nitrogens with zero attached hydrogens (tertiary/aromatic N) is 5. The van der Waals surface area contributed by atoms with E-state index in [9.17, 15) is 0 Å². The van der Waals surface area contributed by atoms with E-state index in [2.05, 4.69) is 388 Å². The van der Waals surface area contributed by atoms with Gasteiger partial charge >= 0.3 is 0 Å². The first-order valence-corrected chi connectivity index (χ1v) is 36.3. The molecule has 0 radical (unpaired) electrons. The molecule has 0 saturated carbocycles. The van der Waals surface area contributed by atoms with E-state index in [0.29, 0.717) is 0 Å². The molecule has 0 unspecified atom stereocenters. The maximum atomic E-state index is 6.60. The van der Waals surface area contributed by atoms with Gasteiger partial charge in [-0.15, -0.1) is 0 Å². The van der Waals surface area contributed by atoms with Crippen molar-refractivity contribution in [1.29, 1.82) is 0 Å². The SMILES string of the molecule is CC(C)(C)c1cc2c3c(c1)N(c1ccc(-c4ccccc4)cc1-c1ccccc1)c1ccc(-c4cccc(-n5c6cc(C(C)(C)C)ccc6c6c7c(ccc65)oc5ccccc57)n4)cc1B3c1ccc(-n3c4ccccc4c4ccccc43)cc1N2c1cc(-c2ccccc2)cc(-c2ccccc2)c1. The first-order chi connectivity index (χ1) is 50.8. The fourth-order valence-corrected chi connectivity index (χ4v) is 16.9. The first-order valence-electron chi connectivity index (χ1n) is 36.3. The lowest BCUT2D eigenvalue weighted by Crippen LogP contribution is -2.61. The molecule has 0 aliphatic carbocycles. The molecule has 6 heterocycles. The lowest BCUT2D eigenvalue weighted by molar-refractivity contribution is 0.590. The first kappa shape index (κ1) is 61.2. The molecule has 0 atom stereocenters. The molecule has 0 spiro atoms. The number of rotatable bonds is 9.